The van der Waals surface area contributed by atoms with Crippen molar-refractivity contribution in [1.82, 2.24) is 4.90 Å². The Balaban J connectivity index is 1.65. The van der Waals surface area contributed by atoms with Gasteiger partial charge in [-0.1, -0.05) is 23.7 Å². The maximum absolute atomic E-state index is 12.5. The number of nitrogens with two attached hydrogens (primary N) is 1. The highest BCUT2D eigenvalue weighted by molar-refractivity contribution is 6.30. The molecule has 0 bridgehead atoms. The van der Waals surface area contributed by atoms with Crippen molar-refractivity contribution in [3.05, 3.63) is 59.1 Å². The molecule has 1 aliphatic heterocycles. The summed E-state index contributed by atoms with van der Waals surface area (Å²) in [6.07, 6.45) is 0. The van der Waals surface area contributed by atoms with Crippen molar-refractivity contribution in [1.29, 1.82) is 0 Å². The van der Waals surface area contributed by atoms with Crippen LogP contribution in [0.4, 0.5) is 11.4 Å². The van der Waals surface area contributed by atoms with E-state index in [0.717, 1.165) is 23.8 Å². The number of carbonyl (C=O) groups excluding carboxylic acids is 1. The van der Waals surface area contributed by atoms with Gasteiger partial charge in [-0.2, -0.15) is 0 Å². The van der Waals surface area contributed by atoms with Gasteiger partial charge in [0.2, 0.25) is 0 Å². The molecule has 0 unspecified atom stereocenters. The number of rotatable bonds is 2. The predicted molar refractivity (Wildman–Crippen MR) is 90.4 cm³/mol. The van der Waals surface area contributed by atoms with Gasteiger partial charge in [-0.15, -0.1) is 0 Å². The first kappa shape index (κ1) is 14.7. The number of carbonyl (C=O) groups is 1. The molecule has 1 fully saturated rings. The molecule has 1 saturated heterocycles. The number of hydrogen-bond donors (Lipinski definition) is 1. The van der Waals surface area contributed by atoms with Crippen molar-refractivity contribution in [3.63, 3.8) is 0 Å². The molecule has 2 aromatic rings. The number of para-hydroxylation sites is 1. The Morgan fingerprint density at radius 2 is 1.59 bits per heavy atom. The summed E-state index contributed by atoms with van der Waals surface area (Å²) in [4.78, 5) is 16.6. The second kappa shape index (κ2) is 6.28. The first-order valence-electron chi connectivity index (χ1n) is 7.29. The summed E-state index contributed by atoms with van der Waals surface area (Å²) in [6.45, 7) is 2.99. The Kier molecular flexibility index (Phi) is 4.20. The summed E-state index contributed by atoms with van der Waals surface area (Å²) in [6, 6.07) is 15.0. The summed E-state index contributed by atoms with van der Waals surface area (Å²) in [7, 11) is 0. The number of nitrogens with zero attached hydrogens (tertiary/aromatic N) is 2. The molecule has 0 saturated carbocycles. The van der Waals surface area contributed by atoms with Gasteiger partial charge in [0, 0.05) is 42.6 Å². The molecule has 2 aromatic carbocycles. The van der Waals surface area contributed by atoms with E-state index >= 15 is 0 Å². The molecule has 22 heavy (non-hydrogen) atoms. The fourth-order valence-electron chi connectivity index (χ4n) is 2.68. The molecule has 0 radical (unpaired) electrons. The van der Waals surface area contributed by atoms with E-state index in [4.69, 9.17) is 17.3 Å². The SMILES string of the molecule is Nc1ccccc1C(=O)N1CCN(c2ccc(Cl)cc2)CC1. The lowest BCUT2D eigenvalue weighted by Crippen LogP contribution is -2.48. The van der Waals surface area contributed by atoms with E-state index < -0.39 is 0 Å². The zero-order chi connectivity index (χ0) is 15.5. The minimum atomic E-state index is 0.00820. The van der Waals surface area contributed by atoms with Crippen LogP contribution in [0.2, 0.25) is 5.02 Å². The van der Waals surface area contributed by atoms with Crippen LogP contribution in [0.3, 0.4) is 0 Å². The van der Waals surface area contributed by atoms with Crippen molar-refractivity contribution in [2.45, 2.75) is 0 Å². The molecule has 4 nitrogen and oxygen atoms in total. The van der Waals surface area contributed by atoms with Crippen molar-refractivity contribution in [3.8, 4) is 0 Å². The minimum absolute atomic E-state index is 0.00820. The monoisotopic (exact) mass is 315 g/mol. The van der Waals surface area contributed by atoms with Gasteiger partial charge in [-0.3, -0.25) is 4.79 Å². The smallest absolute Gasteiger partial charge is 0.256 e. The van der Waals surface area contributed by atoms with Crippen LogP contribution < -0.4 is 10.6 Å². The lowest BCUT2D eigenvalue weighted by molar-refractivity contribution is 0.0748. The summed E-state index contributed by atoms with van der Waals surface area (Å²) in [5, 5.41) is 0.733. The van der Waals surface area contributed by atoms with Crippen LogP contribution in [0.5, 0.6) is 0 Å². The number of benzene rings is 2. The molecular formula is C17H18ClN3O. The third-order valence-electron chi connectivity index (χ3n) is 3.95. The summed E-state index contributed by atoms with van der Waals surface area (Å²) < 4.78 is 0. The zero-order valence-corrected chi connectivity index (χ0v) is 13.0. The van der Waals surface area contributed by atoms with Gasteiger partial charge < -0.3 is 15.5 Å². The highest BCUT2D eigenvalue weighted by Crippen LogP contribution is 2.21. The normalized spacial score (nSPS) is 15.0. The number of halogens is 1. The topological polar surface area (TPSA) is 49.6 Å². The van der Waals surface area contributed by atoms with Crippen LogP contribution in [-0.4, -0.2) is 37.0 Å². The van der Waals surface area contributed by atoms with E-state index in [2.05, 4.69) is 4.90 Å². The van der Waals surface area contributed by atoms with Gasteiger partial charge in [-0.05, 0) is 36.4 Å². The van der Waals surface area contributed by atoms with Gasteiger partial charge in [0.15, 0.2) is 0 Å². The number of hydrogen-bond acceptors (Lipinski definition) is 3. The average Bonchev–Trinajstić information content (AvgIpc) is 2.56. The van der Waals surface area contributed by atoms with Gasteiger partial charge in [-0.25, -0.2) is 0 Å². The molecular weight excluding hydrogens is 298 g/mol. The molecule has 1 heterocycles. The van der Waals surface area contributed by atoms with Crippen LogP contribution in [0, 0.1) is 0 Å². The van der Waals surface area contributed by atoms with Gasteiger partial charge in [0.1, 0.15) is 0 Å². The maximum atomic E-state index is 12.5. The number of nitrogen functional groups attached to an aromatic ring is 1. The van der Waals surface area contributed by atoms with E-state index in [1.807, 2.05) is 41.3 Å². The van der Waals surface area contributed by atoms with Gasteiger partial charge >= 0.3 is 0 Å². The highest BCUT2D eigenvalue weighted by atomic mass is 35.5. The third-order valence-corrected chi connectivity index (χ3v) is 4.20. The number of piperazine rings is 1. The molecule has 2 N–H and O–H groups in total. The van der Waals surface area contributed by atoms with Crippen LogP contribution in [0.1, 0.15) is 10.4 Å². The maximum Gasteiger partial charge on any atom is 0.256 e. The molecule has 0 aromatic heterocycles. The number of amides is 1. The minimum Gasteiger partial charge on any atom is -0.398 e. The first-order chi connectivity index (χ1) is 10.6. The lowest BCUT2D eigenvalue weighted by atomic mass is 10.1. The van der Waals surface area contributed by atoms with Gasteiger partial charge in [0.25, 0.3) is 5.91 Å². The van der Waals surface area contributed by atoms with Crippen molar-refractivity contribution < 1.29 is 4.79 Å². The fourth-order valence-corrected chi connectivity index (χ4v) is 2.81. The van der Waals surface area contributed by atoms with E-state index in [1.165, 1.54) is 0 Å². The number of anilines is 2. The largest absolute Gasteiger partial charge is 0.398 e. The molecule has 114 valence electrons. The van der Waals surface area contributed by atoms with Crippen LogP contribution in [0.15, 0.2) is 48.5 Å². The van der Waals surface area contributed by atoms with Crippen molar-refractivity contribution in [2.24, 2.45) is 0 Å². The van der Waals surface area contributed by atoms with E-state index in [0.29, 0.717) is 24.3 Å². The Labute approximate surface area is 135 Å². The molecule has 0 aliphatic carbocycles. The summed E-state index contributed by atoms with van der Waals surface area (Å²) in [5.41, 5.74) is 8.15. The highest BCUT2D eigenvalue weighted by Gasteiger charge is 2.23. The zero-order valence-electron chi connectivity index (χ0n) is 12.2. The molecule has 3 rings (SSSR count). The van der Waals surface area contributed by atoms with Crippen LogP contribution >= 0.6 is 11.6 Å². The average molecular weight is 316 g/mol. The summed E-state index contributed by atoms with van der Waals surface area (Å²) in [5.74, 6) is 0.00820. The van der Waals surface area contributed by atoms with Crippen molar-refractivity contribution >= 4 is 28.9 Å². The lowest BCUT2D eigenvalue weighted by Gasteiger charge is -2.36. The molecule has 0 spiro atoms. The molecule has 0 atom stereocenters. The second-order valence-electron chi connectivity index (χ2n) is 5.34. The van der Waals surface area contributed by atoms with Crippen molar-refractivity contribution in [2.75, 3.05) is 36.8 Å². The van der Waals surface area contributed by atoms with E-state index in [9.17, 15) is 4.79 Å². The van der Waals surface area contributed by atoms with Crippen LogP contribution in [-0.2, 0) is 0 Å². The Bertz CT molecular complexity index is 664. The molecule has 5 heteroatoms. The standard InChI is InChI=1S/C17H18ClN3O/c18-13-5-7-14(8-6-13)20-9-11-21(12-10-20)17(22)15-3-1-2-4-16(15)19/h1-8H,9-12,19H2. The second-order valence-corrected chi connectivity index (χ2v) is 5.78. The van der Waals surface area contributed by atoms with E-state index in [1.54, 1.807) is 12.1 Å². The molecule has 1 amide bonds. The Morgan fingerprint density at radius 1 is 0.955 bits per heavy atom. The van der Waals surface area contributed by atoms with Crippen LogP contribution in [0.25, 0.3) is 0 Å². The Morgan fingerprint density at radius 3 is 2.23 bits per heavy atom. The first-order valence-corrected chi connectivity index (χ1v) is 7.67. The predicted octanol–water partition coefficient (Wildman–Crippen LogP) is 2.88. The fraction of sp³-hybridized carbons (Fsp3) is 0.235. The molecule has 1 aliphatic rings. The third kappa shape index (κ3) is 3.02. The van der Waals surface area contributed by atoms with E-state index in [-0.39, 0.29) is 5.91 Å². The quantitative estimate of drug-likeness (QED) is 0.867. The Hall–Kier alpha value is -2.20. The summed E-state index contributed by atoms with van der Waals surface area (Å²) >= 11 is 5.91. The van der Waals surface area contributed by atoms with Gasteiger partial charge in [0.05, 0.1) is 5.56 Å².